The van der Waals surface area contributed by atoms with Crippen LogP contribution < -0.4 is 32.9 Å². The highest BCUT2D eigenvalue weighted by atomic mass is 79.9. The Bertz CT molecular complexity index is 2280. The summed E-state index contributed by atoms with van der Waals surface area (Å²) >= 11 is 0. The number of rotatable bonds is 18. The molecule has 0 spiro atoms. The number of amides is 1. The zero-order valence-electron chi connectivity index (χ0n) is 50.8. The zero-order valence-corrected chi connectivity index (χ0v) is 53.2. The number of likely N-dealkylation sites (N-methyl/N-ethyl adjacent to an activating group) is 1. The van der Waals surface area contributed by atoms with Gasteiger partial charge in [0.1, 0.15) is 53.2 Å². The van der Waals surface area contributed by atoms with Crippen LogP contribution in [0, 0.1) is 17.8 Å². The lowest BCUT2D eigenvalue weighted by atomic mass is 9.77. The first kappa shape index (κ1) is 68.8. The van der Waals surface area contributed by atoms with E-state index >= 15 is 0 Å². The molecule has 0 aliphatic carbocycles. The Morgan fingerprint density at radius 2 is 1.33 bits per heavy atom. The molecule has 0 bridgehead atoms. The van der Waals surface area contributed by atoms with Crippen LogP contribution in [-0.2, 0) is 38.0 Å². The van der Waals surface area contributed by atoms with Gasteiger partial charge in [-0.05, 0) is 151 Å². The van der Waals surface area contributed by atoms with Crippen molar-refractivity contribution in [3.8, 4) is 0 Å². The summed E-state index contributed by atoms with van der Waals surface area (Å²) < 4.78 is 38.3. The van der Waals surface area contributed by atoms with E-state index in [0.717, 1.165) is 25.7 Å². The highest BCUT2D eigenvalue weighted by Gasteiger charge is 2.53. The van der Waals surface area contributed by atoms with E-state index < -0.39 is 109 Å². The lowest BCUT2D eigenvalue weighted by Crippen LogP contribution is -3.00. The number of benzene rings is 3. The molecule has 3 aromatic carbocycles. The van der Waals surface area contributed by atoms with Gasteiger partial charge in [0.05, 0.1) is 53.7 Å². The number of carbonyl (C=O) groups is 2. The molecule has 0 saturated carbocycles. The number of aliphatic hydroxyl groups excluding tert-OH is 3. The fourth-order valence-corrected chi connectivity index (χ4v) is 17.3. The van der Waals surface area contributed by atoms with E-state index in [9.17, 15) is 35.1 Å². The average Bonchev–Trinajstić information content (AvgIpc) is 3.46. The molecule has 0 aromatic heterocycles. The molecule has 18 heteroatoms. The van der Waals surface area contributed by atoms with Crippen molar-refractivity contribution in [3.05, 3.63) is 91.0 Å². The smallest absolute Gasteiger partial charge is 0.311 e. The van der Waals surface area contributed by atoms with E-state index in [0.29, 0.717) is 12.8 Å². The van der Waals surface area contributed by atoms with Crippen LogP contribution in [0.4, 0.5) is 0 Å². The van der Waals surface area contributed by atoms with Gasteiger partial charge in [-0.2, -0.15) is 0 Å². The van der Waals surface area contributed by atoms with Crippen LogP contribution in [0.1, 0.15) is 114 Å². The third kappa shape index (κ3) is 16.3. The van der Waals surface area contributed by atoms with Gasteiger partial charge >= 0.3 is 5.97 Å². The Labute approximate surface area is 495 Å². The lowest BCUT2D eigenvalue weighted by Gasteiger charge is -2.48. The van der Waals surface area contributed by atoms with Gasteiger partial charge in [-0.1, -0.05) is 75.4 Å². The van der Waals surface area contributed by atoms with Crippen LogP contribution in [0.3, 0.4) is 0 Å². The normalized spacial score (nSPS) is 35.8. The molecule has 3 fully saturated rings. The second-order valence-electron chi connectivity index (χ2n) is 24.6. The number of ether oxygens (including phenoxy) is 6. The highest BCUT2D eigenvalue weighted by Crippen LogP contribution is 2.55. The SMILES string of the molecule is CC[C@H]1OC(=O)[C@H](C)[C@@H](O[C@H]2C[C@@](C)(OC)[C@@H](O)[C@H](C)O2)[C@H](C)[C@@H](O[C@@H]2O[C@H](C)C[C@H](N(C)C)[C@H]2O)[C@](C)(O)C[C@@H](C)CN(C(=O)CCCCN(C)CC[P+](c2ccccc2)(c2ccccc2)c2ccccc2)[C@H](C)[C@@H](O)[C@]1(C)O.[Br-]. The first-order chi connectivity index (χ1) is 37.7. The molecular formula is C63H99BrN3O13P. The summed E-state index contributed by atoms with van der Waals surface area (Å²) in [6, 6.07) is 31.2. The number of cyclic esters (lactones) is 1. The van der Waals surface area contributed by atoms with Crippen molar-refractivity contribution in [1.29, 1.82) is 0 Å². The minimum atomic E-state index is -2.05. The number of nitrogens with zero attached hydrogens (tertiary/aromatic N) is 3. The van der Waals surface area contributed by atoms with Gasteiger partial charge < -0.3 is 85.6 Å². The molecule has 18 atom stereocenters. The first-order valence-corrected chi connectivity index (χ1v) is 31.2. The maximum Gasteiger partial charge on any atom is 0.311 e. The Balaban J connectivity index is 0.0000120. The molecule has 81 heavy (non-hydrogen) atoms. The summed E-state index contributed by atoms with van der Waals surface area (Å²) in [5.74, 6) is -3.37. The number of hydrogen-bond donors (Lipinski definition) is 5. The van der Waals surface area contributed by atoms with Crippen LogP contribution in [-0.4, -0.2) is 196 Å². The monoisotopic (exact) mass is 1220 g/mol. The van der Waals surface area contributed by atoms with Crippen LogP contribution in [0.5, 0.6) is 0 Å². The predicted molar refractivity (Wildman–Crippen MR) is 315 cm³/mol. The van der Waals surface area contributed by atoms with Crippen molar-refractivity contribution < 1.29 is 80.5 Å². The minimum Gasteiger partial charge on any atom is -1.00 e. The number of methoxy groups -OCH3 is 1. The molecule has 3 aliphatic rings. The second kappa shape index (κ2) is 29.9. The highest BCUT2D eigenvalue weighted by molar-refractivity contribution is 7.95. The molecule has 3 aliphatic heterocycles. The summed E-state index contributed by atoms with van der Waals surface area (Å²) in [5, 5.41) is 64.7. The fraction of sp³-hybridized carbons (Fsp3) is 0.683. The average molecular weight is 1220 g/mol. The van der Waals surface area contributed by atoms with Gasteiger partial charge in [-0.25, -0.2) is 0 Å². The summed E-state index contributed by atoms with van der Waals surface area (Å²) in [7, 11) is 5.34. The van der Waals surface area contributed by atoms with E-state index in [4.69, 9.17) is 28.4 Å². The van der Waals surface area contributed by atoms with Gasteiger partial charge in [0.15, 0.2) is 12.6 Å². The zero-order chi connectivity index (χ0) is 58.9. The van der Waals surface area contributed by atoms with Gasteiger partial charge in [0, 0.05) is 45.0 Å². The molecule has 6 rings (SSSR count). The molecule has 0 radical (unpaired) electrons. The molecule has 1 amide bonds. The number of unbranched alkanes of at least 4 members (excludes halogenated alkanes) is 1. The van der Waals surface area contributed by atoms with Gasteiger partial charge in [-0.15, -0.1) is 0 Å². The molecule has 3 saturated heterocycles. The number of aliphatic hydroxyl groups is 5. The van der Waals surface area contributed by atoms with Crippen molar-refractivity contribution in [2.45, 2.75) is 204 Å². The molecular weight excluding hydrogens is 1120 g/mol. The topological polar surface area (TPSA) is 200 Å². The Morgan fingerprint density at radius 1 is 0.778 bits per heavy atom. The van der Waals surface area contributed by atoms with E-state index in [-0.39, 0.29) is 67.3 Å². The van der Waals surface area contributed by atoms with Gasteiger partial charge in [-0.3, -0.25) is 9.59 Å². The van der Waals surface area contributed by atoms with Crippen molar-refractivity contribution in [2.24, 2.45) is 17.8 Å². The standard InChI is InChI=1S/C63H99N3O13P.BrH/c1-15-51-63(10,73)56(69)45(6)66(52(67)33-25-26-34-65(13)35-36-80(47-27-19-16-20-28-47,48-29-21-17-22-30-48)49-31-23-18-24-32-49)40-41(2)38-61(8,72)58(79-60-54(68)50(64(11)12)37-42(3)75-60)43(4)55(44(5)59(71)77-51)78-53-39-62(9,74-14)57(70)46(7)76-53;/h16-24,27-32,41-46,50-51,53-58,60,68-70,72-73H,15,25-26,33-40H2,1-14H3;1H/q+1;/p-1/t41-,42-,43+,44-,45-,46+,50+,51-,53+,54-,55+,56-,57+,58-,60+,61-,62-,63-;/m1./s1. The van der Waals surface area contributed by atoms with E-state index in [1.54, 1.807) is 53.4 Å². The number of halogens is 1. The Morgan fingerprint density at radius 3 is 1.85 bits per heavy atom. The summed E-state index contributed by atoms with van der Waals surface area (Å²) in [6.07, 6.45) is -7.28. The number of carbonyl (C=O) groups excluding carboxylic acids is 2. The summed E-state index contributed by atoms with van der Waals surface area (Å²) in [6.45, 7) is 18.9. The summed E-state index contributed by atoms with van der Waals surface area (Å²) in [4.78, 5) is 35.4. The van der Waals surface area contributed by atoms with Crippen LogP contribution in [0.25, 0.3) is 0 Å². The third-order valence-corrected chi connectivity index (χ3v) is 22.2. The third-order valence-electron chi connectivity index (χ3n) is 17.8. The molecule has 456 valence electrons. The molecule has 5 N–H and O–H groups in total. The van der Waals surface area contributed by atoms with Crippen molar-refractivity contribution in [1.82, 2.24) is 14.7 Å². The Kier molecular flexibility index (Phi) is 25.4. The maximum atomic E-state index is 14.8. The molecule has 3 heterocycles. The van der Waals surface area contributed by atoms with Crippen molar-refractivity contribution >= 4 is 35.1 Å². The Hall–Kier alpha value is -2.97. The van der Waals surface area contributed by atoms with E-state index in [2.05, 4.69) is 103 Å². The van der Waals surface area contributed by atoms with E-state index in [1.807, 2.05) is 32.8 Å². The number of esters is 1. The van der Waals surface area contributed by atoms with Crippen LogP contribution >= 0.6 is 7.26 Å². The van der Waals surface area contributed by atoms with Crippen molar-refractivity contribution in [2.75, 3.05) is 54.0 Å². The first-order valence-electron chi connectivity index (χ1n) is 29.3. The lowest BCUT2D eigenvalue weighted by molar-refractivity contribution is -0.318. The molecule has 0 unspecified atom stereocenters. The van der Waals surface area contributed by atoms with Crippen LogP contribution in [0.15, 0.2) is 91.0 Å². The maximum absolute atomic E-state index is 14.8. The van der Waals surface area contributed by atoms with Gasteiger partial charge in [0.25, 0.3) is 0 Å². The van der Waals surface area contributed by atoms with Crippen molar-refractivity contribution in [3.63, 3.8) is 0 Å². The largest absolute Gasteiger partial charge is 1.00 e. The summed E-state index contributed by atoms with van der Waals surface area (Å²) in [5.41, 5.74) is -4.85. The van der Waals surface area contributed by atoms with E-state index in [1.165, 1.54) is 29.9 Å². The number of hydrogen-bond acceptors (Lipinski definition) is 15. The second-order valence-corrected chi connectivity index (χ2v) is 28.2. The molecule has 16 nitrogen and oxygen atoms in total. The fourth-order valence-electron chi connectivity index (χ4n) is 13.0. The predicted octanol–water partition coefficient (Wildman–Crippen LogP) is 2.90. The minimum absolute atomic E-state index is 0. The van der Waals surface area contributed by atoms with Crippen LogP contribution in [0.2, 0.25) is 0 Å². The van der Waals surface area contributed by atoms with Gasteiger partial charge in [0.2, 0.25) is 5.91 Å². The molecule has 3 aromatic rings. The quantitative estimate of drug-likeness (QED) is 0.0708.